The monoisotopic (exact) mass is 386 g/mol. The number of aryl methyl sites for hydroxylation is 1. The molecule has 1 aromatic heterocycles. The van der Waals surface area contributed by atoms with Crippen LogP contribution in [0, 0.1) is 6.92 Å². The van der Waals surface area contributed by atoms with E-state index in [4.69, 9.17) is 15.2 Å². The molecule has 0 aliphatic rings. The first-order chi connectivity index (χ1) is 13.2. The average Bonchev–Trinajstić information content (AvgIpc) is 2.62. The number of nitrogen functional groups attached to an aromatic ring is 1. The van der Waals surface area contributed by atoms with E-state index >= 15 is 0 Å². The fraction of sp³-hybridized carbons (Fsp3) is 0.350. The molecular weight excluding hydrogens is 360 g/mol. The highest BCUT2D eigenvalue weighted by molar-refractivity contribution is 5.82. The van der Waals surface area contributed by atoms with Crippen molar-refractivity contribution in [2.75, 3.05) is 26.4 Å². The first-order valence-electron chi connectivity index (χ1n) is 8.91. The van der Waals surface area contributed by atoms with E-state index in [1.807, 2.05) is 6.92 Å². The Hall–Kier alpha value is -3.29. The number of ether oxygens (including phenoxy) is 2. The lowest BCUT2D eigenvalue weighted by atomic mass is 10.2. The smallest absolute Gasteiger partial charge is 0.273 e. The molecule has 1 atom stereocenters. The molecular formula is C20H26N4O4. The summed E-state index contributed by atoms with van der Waals surface area (Å²) in [6.07, 6.45) is 0.855. The van der Waals surface area contributed by atoms with Crippen LogP contribution in [0.5, 0.6) is 11.5 Å². The van der Waals surface area contributed by atoms with Crippen molar-refractivity contribution in [1.82, 2.24) is 9.58 Å². The zero-order chi connectivity index (χ0) is 20.8. The number of nitrogens with two attached hydrogens (primary N) is 1. The summed E-state index contributed by atoms with van der Waals surface area (Å²) in [5.74, 6) is 1.03. The lowest BCUT2D eigenvalue weighted by Crippen LogP contribution is -2.35. The predicted octanol–water partition coefficient (Wildman–Crippen LogP) is 1.88. The number of amides is 1. The summed E-state index contributed by atoms with van der Waals surface area (Å²) in [6, 6.07) is 8.31. The second-order valence-electron chi connectivity index (χ2n) is 6.48. The Morgan fingerprint density at radius 3 is 2.61 bits per heavy atom. The van der Waals surface area contributed by atoms with Gasteiger partial charge < -0.3 is 20.1 Å². The van der Waals surface area contributed by atoms with Crippen LogP contribution in [0.4, 0.5) is 5.82 Å². The Morgan fingerprint density at radius 2 is 2.00 bits per heavy atom. The van der Waals surface area contributed by atoms with Gasteiger partial charge in [-0.15, -0.1) is 0 Å². The molecule has 1 heterocycles. The van der Waals surface area contributed by atoms with E-state index in [-0.39, 0.29) is 17.3 Å². The maximum Gasteiger partial charge on any atom is 0.273 e. The van der Waals surface area contributed by atoms with Gasteiger partial charge in [-0.3, -0.25) is 9.59 Å². The van der Waals surface area contributed by atoms with Gasteiger partial charge in [-0.1, -0.05) is 0 Å². The van der Waals surface area contributed by atoms with E-state index in [9.17, 15) is 9.59 Å². The third-order valence-electron chi connectivity index (χ3n) is 3.86. The Bertz CT molecular complexity index is 934. The Morgan fingerprint density at radius 1 is 1.29 bits per heavy atom. The summed E-state index contributed by atoms with van der Waals surface area (Å²) in [7, 11) is 3.34. The molecule has 0 fully saturated rings. The molecule has 0 aliphatic heterocycles. The van der Waals surface area contributed by atoms with Gasteiger partial charge in [-0.05, 0) is 56.2 Å². The summed E-state index contributed by atoms with van der Waals surface area (Å²) >= 11 is 0. The molecule has 0 unspecified atom stereocenters. The molecule has 0 saturated carbocycles. The van der Waals surface area contributed by atoms with E-state index in [1.165, 1.54) is 17.2 Å². The summed E-state index contributed by atoms with van der Waals surface area (Å²) in [6.45, 7) is 5.75. The number of rotatable bonds is 7. The lowest BCUT2D eigenvalue weighted by molar-refractivity contribution is -0.135. The van der Waals surface area contributed by atoms with Gasteiger partial charge in [0.15, 0.2) is 17.6 Å². The molecule has 150 valence electrons. The molecule has 8 nitrogen and oxygen atoms in total. The van der Waals surface area contributed by atoms with Crippen LogP contribution < -0.4 is 20.8 Å². The van der Waals surface area contributed by atoms with Crippen LogP contribution in [-0.4, -0.2) is 48.5 Å². The van der Waals surface area contributed by atoms with Crippen LogP contribution in [0.2, 0.25) is 0 Å². The molecule has 0 saturated heterocycles. The van der Waals surface area contributed by atoms with E-state index in [0.29, 0.717) is 23.7 Å². The predicted molar refractivity (Wildman–Crippen MR) is 109 cm³/mol. The van der Waals surface area contributed by atoms with Crippen molar-refractivity contribution < 1.29 is 14.3 Å². The Kier molecular flexibility index (Phi) is 6.81. The number of carbonyl (C=O) groups is 1. The van der Waals surface area contributed by atoms with Gasteiger partial charge in [-0.25, -0.2) is 0 Å². The minimum Gasteiger partial charge on any atom is -0.490 e. The van der Waals surface area contributed by atoms with Crippen molar-refractivity contribution in [3.8, 4) is 11.5 Å². The lowest BCUT2D eigenvalue weighted by Gasteiger charge is -2.20. The summed E-state index contributed by atoms with van der Waals surface area (Å²) < 4.78 is 12.5. The van der Waals surface area contributed by atoms with Crippen LogP contribution in [0.3, 0.4) is 0 Å². The van der Waals surface area contributed by atoms with Crippen molar-refractivity contribution >= 4 is 17.9 Å². The number of likely N-dealkylation sites (N-methyl/N-ethyl adjacent to an activating group) is 1. The van der Waals surface area contributed by atoms with Crippen molar-refractivity contribution in [1.29, 1.82) is 0 Å². The minimum absolute atomic E-state index is 0.151. The summed E-state index contributed by atoms with van der Waals surface area (Å²) in [5.41, 5.74) is 7.02. The van der Waals surface area contributed by atoms with Crippen LogP contribution in [0.25, 0.3) is 0 Å². The Balaban J connectivity index is 2.29. The molecule has 28 heavy (non-hydrogen) atoms. The first-order valence-corrected chi connectivity index (χ1v) is 8.91. The normalized spacial score (nSPS) is 12.0. The number of hydrogen-bond acceptors (Lipinski definition) is 6. The highest BCUT2D eigenvalue weighted by atomic mass is 16.5. The maximum absolute atomic E-state index is 12.0. The molecule has 2 N–H and O–H groups in total. The highest BCUT2D eigenvalue weighted by Crippen LogP contribution is 2.29. The fourth-order valence-corrected chi connectivity index (χ4v) is 2.54. The van der Waals surface area contributed by atoms with Crippen LogP contribution in [0.15, 0.2) is 40.2 Å². The molecule has 0 spiro atoms. The van der Waals surface area contributed by atoms with Gasteiger partial charge >= 0.3 is 0 Å². The van der Waals surface area contributed by atoms with Gasteiger partial charge in [0.25, 0.3) is 11.5 Å². The Labute approximate surface area is 164 Å². The van der Waals surface area contributed by atoms with E-state index in [0.717, 1.165) is 10.2 Å². The fourth-order valence-electron chi connectivity index (χ4n) is 2.54. The molecule has 0 bridgehead atoms. The van der Waals surface area contributed by atoms with Gasteiger partial charge in [0.1, 0.15) is 5.82 Å². The van der Waals surface area contributed by atoms with Crippen molar-refractivity contribution in [2.24, 2.45) is 5.10 Å². The molecule has 1 amide bonds. The van der Waals surface area contributed by atoms with Gasteiger partial charge in [-0.2, -0.15) is 9.78 Å². The van der Waals surface area contributed by atoms with Crippen LogP contribution >= 0.6 is 0 Å². The van der Waals surface area contributed by atoms with Gasteiger partial charge in [0.05, 0.1) is 12.8 Å². The quantitative estimate of drug-likeness (QED) is 0.733. The largest absolute Gasteiger partial charge is 0.490 e. The number of carbonyl (C=O) groups excluding carboxylic acids is 1. The average molecular weight is 386 g/mol. The van der Waals surface area contributed by atoms with Crippen LogP contribution in [-0.2, 0) is 4.79 Å². The maximum atomic E-state index is 12.0. The van der Waals surface area contributed by atoms with Crippen LogP contribution in [0.1, 0.15) is 25.0 Å². The summed E-state index contributed by atoms with van der Waals surface area (Å²) in [5, 5.41) is 4.16. The number of hydrogen-bond donors (Lipinski definition) is 1. The van der Waals surface area contributed by atoms with Crippen molar-refractivity contribution in [3.05, 3.63) is 51.8 Å². The second kappa shape index (κ2) is 9.07. The SMILES string of the molecule is CCOc1cc(/C=N\n2c(N)cc(C)cc2=O)ccc1O[C@H](C)C(=O)N(C)C. The third kappa shape index (κ3) is 5.12. The molecule has 2 aromatic rings. The number of aromatic nitrogens is 1. The first kappa shape index (κ1) is 21.0. The van der Waals surface area contributed by atoms with Gasteiger partial charge in [0, 0.05) is 20.2 Å². The molecule has 1 aromatic carbocycles. The molecule has 0 radical (unpaired) electrons. The molecule has 0 aliphatic carbocycles. The molecule has 2 rings (SSSR count). The standard InChI is InChI=1S/C20H26N4O4/c1-6-27-17-11-15(7-8-16(17)28-14(3)20(26)23(4)5)12-22-24-18(21)9-13(2)10-19(24)25/h7-12,14H,6,21H2,1-5H3/b22-12-/t14-/m1/s1. The minimum atomic E-state index is -0.653. The number of benzene rings is 1. The van der Waals surface area contributed by atoms with Gasteiger partial charge in [0.2, 0.25) is 0 Å². The number of anilines is 1. The topological polar surface area (TPSA) is 99.1 Å². The van der Waals surface area contributed by atoms with E-state index in [2.05, 4.69) is 5.10 Å². The zero-order valence-corrected chi connectivity index (χ0v) is 16.8. The highest BCUT2D eigenvalue weighted by Gasteiger charge is 2.18. The third-order valence-corrected chi connectivity index (χ3v) is 3.86. The molecule has 8 heteroatoms. The van der Waals surface area contributed by atoms with E-state index < -0.39 is 6.10 Å². The summed E-state index contributed by atoms with van der Waals surface area (Å²) in [4.78, 5) is 25.5. The van der Waals surface area contributed by atoms with Crippen molar-refractivity contribution in [2.45, 2.75) is 26.9 Å². The number of nitrogens with zero attached hydrogens (tertiary/aromatic N) is 3. The zero-order valence-electron chi connectivity index (χ0n) is 16.8. The number of pyridine rings is 1. The van der Waals surface area contributed by atoms with E-state index in [1.54, 1.807) is 52.2 Å². The van der Waals surface area contributed by atoms with Crippen molar-refractivity contribution in [3.63, 3.8) is 0 Å². The second-order valence-corrected chi connectivity index (χ2v) is 6.48.